The molecule has 0 saturated heterocycles. The fraction of sp³-hybridized carbons (Fsp3) is 0.286. The van der Waals surface area contributed by atoms with Crippen LogP contribution in [0.1, 0.15) is 23.6 Å². The van der Waals surface area contributed by atoms with Crippen molar-refractivity contribution >= 4 is 28.6 Å². The first-order valence-corrected chi connectivity index (χ1v) is 9.16. The number of carbonyl (C=O) groups is 2. The first kappa shape index (κ1) is 20.2. The van der Waals surface area contributed by atoms with Crippen molar-refractivity contribution in [3.63, 3.8) is 0 Å². The summed E-state index contributed by atoms with van der Waals surface area (Å²) in [5.41, 5.74) is 4.31. The van der Waals surface area contributed by atoms with Gasteiger partial charge in [0, 0.05) is 5.69 Å². The van der Waals surface area contributed by atoms with Gasteiger partial charge in [-0.05, 0) is 57.0 Å². The molecule has 0 radical (unpaired) electrons. The molecule has 2 aromatic carbocycles. The van der Waals surface area contributed by atoms with Gasteiger partial charge in [-0.15, -0.1) is 0 Å². The van der Waals surface area contributed by atoms with E-state index in [0.29, 0.717) is 22.5 Å². The van der Waals surface area contributed by atoms with E-state index in [9.17, 15) is 14.4 Å². The van der Waals surface area contributed by atoms with Gasteiger partial charge in [-0.3, -0.25) is 4.79 Å². The standard InChI is InChI=1S/C21H23N3O5/c1-11-7-12(2)19(13(3)8-11)28-10-18(25)29-14(4)20(26)22-15-5-6-16-17(9-15)24-21(27)23-16/h5-9,14H,10H2,1-4H3,(H,22,26)(H2,23,24,27)/t14-/m1/s1. The van der Waals surface area contributed by atoms with Crippen molar-refractivity contribution < 1.29 is 19.1 Å². The Morgan fingerprint density at radius 1 is 1.03 bits per heavy atom. The Morgan fingerprint density at radius 3 is 2.38 bits per heavy atom. The van der Waals surface area contributed by atoms with Crippen molar-refractivity contribution in [1.29, 1.82) is 0 Å². The molecule has 3 N–H and O–H groups in total. The quantitative estimate of drug-likeness (QED) is 0.554. The Bertz CT molecular complexity index is 1110. The highest BCUT2D eigenvalue weighted by atomic mass is 16.6. The first-order valence-electron chi connectivity index (χ1n) is 9.16. The molecular formula is C21H23N3O5. The van der Waals surface area contributed by atoms with Gasteiger partial charge in [0.25, 0.3) is 5.91 Å². The molecule has 0 unspecified atom stereocenters. The Kier molecular flexibility index (Phi) is 5.72. The maximum Gasteiger partial charge on any atom is 0.344 e. The van der Waals surface area contributed by atoms with Crippen molar-refractivity contribution in [3.05, 3.63) is 57.5 Å². The van der Waals surface area contributed by atoms with Crippen molar-refractivity contribution in [1.82, 2.24) is 9.97 Å². The second kappa shape index (κ2) is 8.22. The maximum absolute atomic E-state index is 12.3. The Labute approximate surface area is 167 Å². The van der Waals surface area contributed by atoms with Crippen LogP contribution < -0.4 is 15.7 Å². The highest BCUT2D eigenvalue weighted by molar-refractivity contribution is 5.96. The lowest BCUT2D eigenvalue weighted by atomic mass is 10.1. The second-order valence-corrected chi connectivity index (χ2v) is 6.98. The zero-order valence-corrected chi connectivity index (χ0v) is 16.7. The average molecular weight is 397 g/mol. The Morgan fingerprint density at radius 2 is 1.69 bits per heavy atom. The number of aromatic nitrogens is 2. The Hall–Kier alpha value is -3.55. The summed E-state index contributed by atoms with van der Waals surface area (Å²) in [4.78, 5) is 40.9. The molecule has 3 aromatic rings. The lowest BCUT2D eigenvalue weighted by molar-refractivity contribution is -0.155. The van der Waals surface area contributed by atoms with E-state index in [4.69, 9.17) is 9.47 Å². The van der Waals surface area contributed by atoms with Gasteiger partial charge in [-0.2, -0.15) is 0 Å². The average Bonchev–Trinajstić information content (AvgIpc) is 2.99. The fourth-order valence-electron chi connectivity index (χ4n) is 3.16. The summed E-state index contributed by atoms with van der Waals surface area (Å²) in [5, 5.41) is 2.65. The van der Waals surface area contributed by atoms with E-state index in [1.54, 1.807) is 18.2 Å². The second-order valence-electron chi connectivity index (χ2n) is 6.98. The number of benzene rings is 2. The number of rotatable bonds is 6. The van der Waals surface area contributed by atoms with Gasteiger partial charge in [0.2, 0.25) is 0 Å². The molecule has 0 bridgehead atoms. The van der Waals surface area contributed by atoms with Crippen LogP contribution in [0.3, 0.4) is 0 Å². The number of nitrogens with one attached hydrogen (secondary N) is 3. The molecule has 1 aromatic heterocycles. The largest absolute Gasteiger partial charge is 0.481 e. The summed E-state index contributed by atoms with van der Waals surface area (Å²) in [6.07, 6.45) is -1.01. The topological polar surface area (TPSA) is 113 Å². The highest BCUT2D eigenvalue weighted by Gasteiger charge is 2.19. The number of aryl methyl sites for hydroxylation is 3. The molecule has 1 amide bonds. The lowest BCUT2D eigenvalue weighted by Gasteiger charge is -2.15. The van der Waals surface area contributed by atoms with Crippen LogP contribution in [0.5, 0.6) is 5.75 Å². The molecule has 8 heteroatoms. The molecule has 1 atom stereocenters. The monoisotopic (exact) mass is 397 g/mol. The number of hydrogen-bond acceptors (Lipinski definition) is 5. The minimum Gasteiger partial charge on any atom is -0.481 e. The van der Waals surface area contributed by atoms with E-state index < -0.39 is 18.0 Å². The number of anilines is 1. The Balaban J connectivity index is 1.55. The zero-order valence-electron chi connectivity index (χ0n) is 16.7. The number of fused-ring (bicyclic) bond motifs is 1. The smallest absolute Gasteiger partial charge is 0.344 e. The molecule has 0 fully saturated rings. The van der Waals surface area contributed by atoms with Crippen molar-refractivity contribution in [3.8, 4) is 5.75 Å². The first-order chi connectivity index (χ1) is 13.7. The summed E-state index contributed by atoms with van der Waals surface area (Å²) in [7, 11) is 0. The SMILES string of the molecule is Cc1cc(C)c(OCC(=O)O[C@H](C)C(=O)Nc2ccc3[nH]c(=O)[nH]c3c2)c(C)c1. The summed E-state index contributed by atoms with van der Waals surface area (Å²) in [6, 6.07) is 8.87. The van der Waals surface area contributed by atoms with Gasteiger partial charge < -0.3 is 24.8 Å². The van der Waals surface area contributed by atoms with Crippen LogP contribution in [0.2, 0.25) is 0 Å². The molecule has 0 aliphatic carbocycles. The van der Waals surface area contributed by atoms with E-state index in [-0.39, 0.29) is 12.3 Å². The van der Waals surface area contributed by atoms with Gasteiger partial charge in [0.1, 0.15) is 5.75 Å². The molecular weight excluding hydrogens is 374 g/mol. The minimum absolute atomic E-state index is 0.293. The highest BCUT2D eigenvalue weighted by Crippen LogP contribution is 2.24. The van der Waals surface area contributed by atoms with Gasteiger partial charge >= 0.3 is 11.7 Å². The predicted molar refractivity (Wildman–Crippen MR) is 109 cm³/mol. The van der Waals surface area contributed by atoms with E-state index in [0.717, 1.165) is 16.7 Å². The molecule has 0 spiro atoms. The molecule has 152 valence electrons. The van der Waals surface area contributed by atoms with Crippen molar-refractivity contribution in [2.24, 2.45) is 0 Å². The normalized spacial score (nSPS) is 11.9. The molecule has 1 heterocycles. The van der Waals surface area contributed by atoms with Crippen LogP contribution >= 0.6 is 0 Å². The fourth-order valence-corrected chi connectivity index (χ4v) is 3.16. The van der Waals surface area contributed by atoms with Gasteiger partial charge in [-0.25, -0.2) is 9.59 Å². The molecule has 3 rings (SSSR count). The van der Waals surface area contributed by atoms with E-state index in [1.807, 2.05) is 32.9 Å². The van der Waals surface area contributed by atoms with Crippen LogP contribution in [0.25, 0.3) is 11.0 Å². The molecule has 0 aliphatic heterocycles. The number of ether oxygens (including phenoxy) is 2. The number of imidazole rings is 1. The summed E-state index contributed by atoms with van der Waals surface area (Å²) in [6.45, 7) is 6.99. The van der Waals surface area contributed by atoms with Crippen LogP contribution in [0.15, 0.2) is 35.1 Å². The van der Waals surface area contributed by atoms with Gasteiger partial charge in [0.15, 0.2) is 12.7 Å². The van der Waals surface area contributed by atoms with E-state index >= 15 is 0 Å². The predicted octanol–water partition coefficient (Wildman–Crippen LogP) is 2.73. The van der Waals surface area contributed by atoms with E-state index in [2.05, 4.69) is 15.3 Å². The molecule has 29 heavy (non-hydrogen) atoms. The zero-order chi connectivity index (χ0) is 21.1. The third kappa shape index (κ3) is 4.84. The summed E-state index contributed by atoms with van der Waals surface area (Å²) < 4.78 is 10.8. The summed E-state index contributed by atoms with van der Waals surface area (Å²) >= 11 is 0. The van der Waals surface area contributed by atoms with Crippen LogP contribution in [0.4, 0.5) is 5.69 Å². The molecule has 0 saturated carbocycles. The minimum atomic E-state index is -1.01. The van der Waals surface area contributed by atoms with Crippen molar-refractivity contribution in [2.75, 3.05) is 11.9 Å². The number of hydrogen-bond donors (Lipinski definition) is 3. The van der Waals surface area contributed by atoms with Crippen LogP contribution in [-0.2, 0) is 14.3 Å². The number of aromatic amines is 2. The van der Waals surface area contributed by atoms with Crippen molar-refractivity contribution in [2.45, 2.75) is 33.8 Å². The third-order valence-corrected chi connectivity index (χ3v) is 4.40. The summed E-state index contributed by atoms with van der Waals surface area (Å²) in [5.74, 6) is -0.492. The van der Waals surface area contributed by atoms with E-state index in [1.165, 1.54) is 6.92 Å². The van der Waals surface area contributed by atoms with Crippen LogP contribution in [0, 0.1) is 20.8 Å². The number of esters is 1. The lowest BCUT2D eigenvalue weighted by Crippen LogP contribution is -2.31. The molecule has 8 nitrogen and oxygen atoms in total. The number of amides is 1. The van der Waals surface area contributed by atoms with Gasteiger partial charge in [-0.1, -0.05) is 17.7 Å². The maximum atomic E-state index is 12.3. The third-order valence-electron chi connectivity index (χ3n) is 4.40. The number of H-pyrrole nitrogens is 2. The van der Waals surface area contributed by atoms with Gasteiger partial charge in [0.05, 0.1) is 11.0 Å². The number of carbonyl (C=O) groups excluding carboxylic acids is 2. The van der Waals surface area contributed by atoms with Crippen LogP contribution in [-0.4, -0.2) is 34.6 Å². The molecule has 0 aliphatic rings.